The quantitative estimate of drug-likeness (QED) is 0.762. The van der Waals surface area contributed by atoms with E-state index in [1.807, 2.05) is 0 Å². The molecule has 23 heavy (non-hydrogen) atoms. The lowest BCUT2D eigenvalue weighted by Crippen LogP contribution is -2.88. The Morgan fingerprint density at radius 1 is 1.22 bits per heavy atom. The lowest BCUT2D eigenvalue weighted by Gasteiger charge is -2.29. The van der Waals surface area contributed by atoms with Crippen LogP contribution < -0.4 is 10.7 Å². The third kappa shape index (κ3) is 1.55. The molecule has 0 aromatic rings. The van der Waals surface area contributed by atoms with Crippen LogP contribution in [0.4, 0.5) is 0 Å². The van der Waals surface area contributed by atoms with Crippen molar-refractivity contribution in [3.8, 4) is 12.1 Å². The number of nitrogens with zero attached hydrogens (tertiary/aromatic N) is 2. The van der Waals surface area contributed by atoms with Crippen LogP contribution in [0.15, 0.2) is 0 Å². The van der Waals surface area contributed by atoms with Crippen LogP contribution in [0.1, 0.15) is 52.4 Å². The molecule has 0 amide bonds. The molecule has 1 aliphatic carbocycles. The maximum absolute atomic E-state index is 10.2. The number of thioether (sulfide) groups is 1. The molecule has 5 nitrogen and oxygen atoms in total. The average molecular weight is 333 g/mol. The van der Waals surface area contributed by atoms with Gasteiger partial charge in [-0.3, -0.25) is 5.73 Å². The molecule has 3 atom stereocenters. The number of hydrogen-bond acceptors (Lipinski definition) is 5. The molecule has 2 heterocycles. The highest BCUT2D eigenvalue weighted by Crippen LogP contribution is 2.87. The monoisotopic (exact) mass is 333 g/mol. The smallest absolute Gasteiger partial charge is 0.277 e. The zero-order valence-corrected chi connectivity index (χ0v) is 14.8. The van der Waals surface area contributed by atoms with E-state index < -0.39 is 15.9 Å². The first-order chi connectivity index (χ1) is 11.1. The zero-order valence-electron chi connectivity index (χ0n) is 13.9. The summed E-state index contributed by atoms with van der Waals surface area (Å²) in [5, 5.41) is 19.5. The minimum Gasteiger partial charge on any atom is -0.327 e. The molecule has 0 bridgehead atoms. The Kier molecular flexibility index (Phi) is 3.90. The average Bonchev–Trinajstić information content (AvgIpc) is 2.81. The number of nitrogens with one attached hydrogen (secondary N) is 1. The van der Waals surface area contributed by atoms with Gasteiger partial charge in [0.1, 0.15) is 0 Å². The predicted octanol–water partition coefficient (Wildman–Crippen LogP) is 1.26. The van der Waals surface area contributed by atoms with Crippen LogP contribution >= 0.6 is 11.8 Å². The molecule has 2 fully saturated rings. The van der Waals surface area contributed by atoms with E-state index in [1.165, 1.54) is 0 Å². The molecule has 3 N–H and O–H groups in total. The molecular weight excluding hydrogens is 308 g/mol. The van der Waals surface area contributed by atoms with Crippen LogP contribution in [0.2, 0.25) is 0 Å². The Labute approximate surface area is 142 Å². The van der Waals surface area contributed by atoms with Crippen LogP contribution in [0, 0.1) is 38.9 Å². The highest BCUT2D eigenvalue weighted by Gasteiger charge is 3.02. The Morgan fingerprint density at radius 2 is 1.87 bits per heavy atom. The number of hydrogen-bond donors (Lipinski definition) is 2. The summed E-state index contributed by atoms with van der Waals surface area (Å²) < 4.78 is 6.04. The van der Waals surface area contributed by atoms with Gasteiger partial charge in [0.2, 0.25) is 0 Å². The van der Waals surface area contributed by atoms with Crippen LogP contribution in [-0.2, 0) is 4.74 Å². The molecule has 1 spiro atoms. The second kappa shape index (κ2) is 5.40. The number of ether oxygens (including phenoxy) is 1. The SMILES string of the molecule is CCCCC1(CCCC)[C@]2(C#N)[C@@]3([NH+]=C(N)[C@]12C#N)OCCS3. The Morgan fingerprint density at radius 3 is 2.30 bits per heavy atom. The summed E-state index contributed by atoms with van der Waals surface area (Å²) >= 11 is 1.60. The third-order valence-electron chi connectivity index (χ3n) is 6.08. The molecule has 1 saturated carbocycles. The molecule has 0 aromatic heterocycles. The highest BCUT2D eigenvalue weighted by molar-refractivity contribution is 8.00. The van der Waals surface area contributed by atoms with E-state index in [-0.39, 0.29) is 5.41 Å². The van der Waals surface area contributed by atoms with Crippen molar-refractivity contribution in [3.63, 3.8) is 0 Å². The van der Waals surface area contributed by atoms with E-state index in [0.717, 1.165) is 44.3 Å². The molecule has 124 valence electrons. The molecule has 6 heteroatoms. The van der Waals surface area contributed by atoms with Crippen molar-refractivity contribution in [2.75, 3.05) is 12.4 Å². The van der Waals surface area contributed by atoms with Gasteiger partial charge in [-0.2, -0.15) is 10.5 Å². The van der Waals surface area contributed by atoms with E-state index >= 15 is 0 Å². The van der Waals surface area contributed by atoms with Gasteiger partial charge in [-0.15, -0.1) is 0 Å². The number of rotatable bonds is 6. The topological polar surface area (TPSA) is 96.8 Å². The van der Waals surface area contributed by atoms with E-state index in [0.29, 0.717) is 12.4 Å². The van der Waals surface area contributed by atoms with Crippen molar-refractivity contribution in [1.29, 1.82) is 10.5 Å². The van der Waals surface area contributed by atoms with Gasteiger partial charge >= 0.3 is 0 Å². The first-order valence-electron chi connectivity index (χ1n) is 8.59. The fourth-order valence-corrected chi connectivity index (χ4v) is 6.54. The van der Waals surface area contributed by atoms with Crippen molar-refractivity contribution >= 4 is 17.6 Å². The molecule has 0 unspecified atom stereocenters. The van der Waals surface area contributed by atoms with E-state index in [2.05, 4.69) is 31.0 Å². The second-order valence-corrected chi connectivity index (χ2v) is 8.14. The number of fused-ring (bicyclic) bond motifs is 2. The minimum atomic E-state index is -0.920. The molecule has 0 aromatic carbocycles. The summed E-state index contributed by atoms with van der Waals surface area (Å²) in [7, 11) is 0. The van der Waals surface area contributed by atoms with Gasteiger partial charge in [0, 0.05) is 11.2 Å². The van der Waals surface area contributed by atoms with Crippen LogP contribution in [0.3, 0.4) is 0 Å². The molecular formula is C17H25N4OS+. The maximum Gasteiger partial charge on any atom is 0.277 e. The molecule has 0 radical (unpaired) electrons. The van der Waals surface area contributed by atoms with Crippen molar-refractivity contribution < 1.29 is 9.73 Å². The standard InChI is InChI=1S/C17H24N4OS/c1-3-5-7-14(8-6-4-2)15(11-18)13(20)21-17(16(14,15)12-19)22-9-10-23-17/h3-10H2,1-2H3,(H2,20,21)/p+1/t15-,16+,17-/m1/s1. The normalized spacial score (nSPS) is 39.6. The number of nitriles is 2. The van der Waals surface area contributed by atoms with Crippen molar-refractivity contribution in [3.05, 3.63) is 0 Å². The van der Waals surface area contributed by atoms with Crippen molar-refractivity contribution in [1.82, 2.24) is 0 Å². The summed E-state index contributed by atoms with van der Waals surface area (Å²) in [5.41, 5.74) is 4.15. The summed E-state index contributed by atoms with van der Waals surface area (Å²) in [6, 6.07) is 5.02. The zero-order chi connectivity index (χ0) is 16.8. The van der Waals surface area contributed by atoms with Gasteiger partial charge in [0.05, 0.1) is 18.7 Å². The van der Waals surface area contributed by atoms with Crippen LogP contribution in [0.5, 0.6) is 0 Å². The van der Waals surface area contributed by atoms with Gasteiger partial charge in [-0.05, 0) is 12.8 Å². The fraction of sp³-hybridized carbons (Fsp3) is 0.824. The van der Waals surface area contributed by atoms with Gasteiger partial charge in [0.25, 0.3) is 10.9 Å². The third-order valence-corrected chi connectivity index (χ3v) is 7.38. The van der Waals surface area contributed by atoms with E-state index in [4.69, 9.17) is 10.5 Å². The maximum atomic E-state index is 10.2. The number of amidine groups is 1. The lowest BCUT2D eigenvalue weighted by molar-refractivity contribution is -0.585. The molecule has 3 aliphatic rings. The Bertz CT molecular complexity index is 605. The molecule has 3 rings (SSSR count). The number of nitrogens with two attached hydrogens (primary N) is 1. The minimum absolute atomic E-state index is 0.387. The number of unbranched alkanes of at least 4 members (excludes halogenated alkanes) is 2. The lowest BCUT2D eigenvalue weighted by atomic mass is 9.81. The van der Waals surface area contributed by atoms with Gasteiger partial charge in [-0.25, -0.2) is 4.99 Å². The summed E-state index contributed by atoms with van der Waals surface area (Å²) in [5.74, 6) is 1.27. The van der Waals surface area contributed by atoms with Gasteiger partial charge in [0.15, 0.2) is 10.8 Å². The second-order valence-electron chi connectivity index (χ2n) is 6.87. The van der Waals surface area contributed by atoms with E-state index in [1.54, 1.807) is 11.8 Å². The molecule has 1 saturated heterocycles. The van der Waals surface area contributed by atoms with E-state index in [9.17, 15) is 10.5 Å². The summed E-state index contributed by atoms with van der Waals surface area (Å²) in [6.07, 6.45) is 5.82. The van der Waals surface area contributed by atoms with Crippen molar-refractivity contribution in [2.24, 2.45) is 22.0 Å². The summed E-state index contributed by atoms with van der Waals surface area (Å²) in [6.45, 7) is 4.88. The highest BCUT2D eigenvalue weighted by atomic mass is 32.2. The Hall–Kier alpha value is -1.24. The van der Waals surface area contributed by atoms with Gasteiger partial charge in [-0.1, -0.05) is 51.3 Å². The summed E-state index contributed by atoms with van der Waals surface area (Å²) in [4.78, 5) is 3.21. The fourth-order valence-electron chi connectivity index (χ4n) is 5.13. The largest absolute Gasteiger partial charge is 0.327 e. The van der Waals surface area contributed by atoms with Crippen molar-refractivity contribution in [2.45, 2.75) is 57.4 Å². The predicted molar refractivity (Wildman–Crippen MR) is 88.9 cm³/mol. The first kappa shape index (κ1) is 16.6. The first-order valence-corrected chi connectivity index (χ1v) is 9.58. The van der Waals surface area contributed by atoms with Gasteiger partial charge < -0.3 is 4.74 Å². The Balaban J connectivity index is 2.15. The molecule has 2 aliphatic heterocycles. The van der Waals surface area contributed by atoms with Crippen LogP contribution in [-0.4, -0.2) is 23.3 Å². The van der Waals surface area contributed by atoms with Crippen LogP contribution in [0.25, 0.3) is 0 Å².